The Morgan fingerprint density at radius 1 is 1.21 bits per heavy atom. The molecule has 33 heavy (non-hydrogen) atoms. The number of anilines is 1. The zero-order chi connectivity index (χ0) is 23.6. The van der Waals surface area contributed by atoms with Crippen molar-refractivity contribution in [1.82, 2.24) is 5.32 Å². The van der Waals surface area contributed by atoms with Gasteiger partial charge in [-0.2, -0.15) is 24.5 Å². The average Bonchev–Trinajstić information content (AvgIpc) is 3.30. The number of methoxy groups -OCH3 is 1. The summed E-state index contributed by atoms with van der Waals surface area (Å²) in [6.45, 7) is 0.782. The second-order valence-corrected chi connectivity index (χ2v) is 8.47. The van der Waals surface area contributed by atoms with E-state index < -0.39 is 17.6 Å². The van der Waals surface area contributed by atoms with Gasteiger partial charge in [0.1, 0.15) is 5.75 Å². The SMILES string of the molecule is COc1ccc2c(c1)N(C)CC(CNC(=O)c1ccc(C(F)(F)F)cc1)N=C2c1ccsc1. The molecule has 1 N–H and O–H groups in total. The maximum Gasteiger partial charge on any atom is 0.416 e. The van der Waals surface area contributed by atoms with Crippen molar-refractivity contribution in [1.29, 1.82) is 0 Å². The smallest absolute Gasteiger partial charge is 0.416 e. The minimum absolute atomic E-state index is 0.167. The molecule has 172 valence electrons. The van der Waals surface area contributed by atoms with Crippen molar-refractivity contribution < 1.29 is 22.7 Å². The minimum Gasteiger partial charge on any atom is -0.497 e. The van der Waals surface area contributed by atoms with E-state index in [-0.39, 0.29) is 18.2 Å². The largest absolute Gasteiger partial charge is 0.497 e. The number of rotatable bonds is 5. The Kier molecular flexibility index (Phi) is 6.42. The molecule has 2 aromatic carbocycles. The number of aliphatic imine (C=N–C) groups is 1. The standard InChI is InChI=1S/C24H22F3N3O2S/c1-30-13-18(12-28-23(31)15-3-5-17(6-4-15)24(25,26)27)29-22(16-9-10-33-14-16)20-8-7-19(32-2)11-21(20)30/h3-11,14,18H,12-13H2,1-2H3,(H,28,31). The molecule has 2 heterocycles. The van der Waals surface area contributed by atoms with Crippen molar-refractivity contribution in [2.75, 3.05) is 32.1 Å². The fourth-order valence-electron chi connectivity index (χ4n) is 3.72. The lowest BCUT2D eigenvalue weighted by molar-refractivity contribution is -0.137. The van der Waals surface area contributed by atoms with Crippen LogP contribution in [0, 0.1) is 0 Å². The number of thiophene rings is 1. The van der Waals surface area contributed by atoms with Gasteiger partial charge < -0.3 is 15.0 Å². The summed E-state index contributed by atoms with van der Waals surface area (Å²) in [6.07, 6.45) is -4.44. The zero-order valence-electron chi connectivity index (χ0n) is 18.0. The molecule has 0 saturated carbocycles. The van der Waals surface area contributed by atoms with Crippen LogP contribution in [0.4, 0.5) is 18.9 Å². The highest BCUT2D eigenvalue weighted by atomic mass is 32.1. The summed E-state index contributed by atoms with van der Waals surface area (Å²) in [5, 5.41) is 6.82. The molecule has 1 amide bonds. The number of fused-ring (bicyclic) bond motifs is 1. The molecule has 1 atom stereocenters. The highest BCUT2D eigenvalue weighted by molar-refractivity contribution is 7.08. The molecule has 5 nitrogen and oxygen atoms in total. The Hall–Kier alpha value is -3.33. The molecular formula is C24H22F3N3O2S. The predicted molar refractivity (Wildman–Crippen MR) is 124 cm³/mol. The molecule has 0 aliphatic carbocycles. The summed E-state index contributed by atoms with van der Waals surface area (Å²) < 4.78 is 43.7. The molecule has 9 heteroatoms. The molecule has 1 aliphatic heterocycles. The summed E-state index contributed by atoms with van der Waals surface area (Å²) in [4.78, 5) is 19.6. The number of carbonyl (C=O) groups excluding carboxylic acids is 1. The van der Waals surface area contributed by atoms with Crippen LogP contribution in [0.15, 0.2) is 64.3 Å². The number of benzene rings is 2. The summed E-state index contributed by atoms with van der Waals surface area (Å²) in [5.74, 6) is 0.293. The van der Waals surface area contributed by atoms with E-state index in [1.54, 1.807) is 18.4 Å². The number of hydrogen-bond donors (Lipinski definition) is 1. The van der Waals surface area contributed by atoms with Gasteiger partial charge in [0.05, 0.1) is 24.4 Å². The molecule has 0 spiro atoms. The van der Waals surface area contributed by atoms with Gasteiger partial charge in [0, 0.05) is 54.0 Å². The number of likely N-dealkylation sites (N-methyl/N-ethyl adjacent to an activating group) is 1. The van der Waals surface area contributed by atoms with Gasteiger partial charge in [-0.1, -0.05) is 0 Å². The Bertz CT molecular complexity index is 1160. The predicted octanol–water partition coefficient (Wildman–Crippen LogP) is 4.86. The van der Waals surface area contributed by atoms with Gasteiger partial charge in [0.15, 0.2) is 0 Å². The second kappa shape index (κ2) is 9.27. The first-order valence-electron chi connectivity index (χ1n) is 10.2. The quantitative estimate of drug-likeness (QED) is 0.576. The van der Waals surface area contributed by atoms with E-state index >= 15 is 0 Å². The number of nitrogens with one attached hydrogen (secondary N) is 1. The van der Waals surface area contributed by atoms with Crippen molar-refractivity contribution in [2.24, 2.45) is 4.99 Å². The molecule has 0 radical (unpaired) electrons. The number of nitrogens with zero attached hydrogens (tertiary/aromatic N) is 2. The Balaban J connectivity index is 1.56. The lowest BCUT2D eigenvalue weighted by Gasteiger charge is -2.23. The monoisotopic (exact) mass is 473 g/mol. The highest BCUT2D eigenvalue weighted by Gasteiger charge is 2.30. The van der Waals surface area contributed by atoms with Gasteiger partial charge in [-0.15, -0.1) is 0 Å². The van der Waals surface area contributed by atoms with Crippen LogP contribution in [-0.2, 0) is 6.18 Å². The van der Waals surface area contributed by atoms with Crippen LogP contribution in [0.2, 0.25) is 0 Å². The third-order valence-electron chi connectivity index (χ3n) is 5.43. The summed E-state index contributed by atoms with van der Waals surface area (Å²) in [6, 6.07) is 11.7. The summed E-state index contributed by atoms with van der Waals surface area (Å²) >= 11 is 1.57. The Morgan fingerprint density at radius 2 is 1.97 bits per heavy atom. The molecule has 3 aromatic rings. The summed E-state index contributed by atoms with van der Waals surface area (Å²) in [5.41, 5.74) is 3.12. The first-order valence-corrected chi connectivity index (χ1v) is 11.2. The third kappa shape index (κ3) is 5.03. The molecule has 0 bridgehead atoms. The number of amides is 1. The van der Waals surface area contributed by atoms with E-state index in [0.29, 0.717) is 6.54 Å². The lowest BCUT2D eigenvalue weighted by Crippen LogP contribution is -2.37. The minimum atomic E-state index is -4.44. The van der Waals surface area contributed by atoms with Crippen LogP contribution in [0.5, 0.6) is 5.75 Å². The van der Waals surface area contributed by atoms with Gasteiger partial charge in [-0.05, 0) is 47.8 Å². The molecular weight excluding hydrogens is 451 g/mol. The van der Waals surface area contributed by atoms with Gasteiger partial charge >= 0.3 is 6.18 Å². The van der Waals surface area contributed by atoms with E-state index in [4.69, 9.17) is 9.73 Å². The first-order chi connectivity index (χ1) is 15.8. The van der Waals surface area contributed by atoms with Crippen molar-refractivity contribution >= 4 is 28.6 Å². The molecule has 1 aliphatic rings. The van der Waals surface area contributed by atoms with E-state index in [1.807, 2.05) is 42.1 Å². The topological polar surface area (TPSA) is 53.9 Å². The summed E-state index contributed by atoms with van der Waals surface area (Å²) in [7, 11) is 3.57. The van der Waals surface area contributed by atoms with E-state index in [1.165, 1.54) is 12.1 Å². The van der Waals surface area contributed by atoms with E-state index in [9.17, 15) is 18.0 Å². The molecule has 0 fully saturated rings. The highest BCUT2D eigenvalue weighted by Crippen LogP contribution is 2.31. The second-order valence-electron chi connectivity index (χ2n) is 7.69. The molecule has 0 saturated heterocycles. The average molecular weight is 474 g/mol. The molecule has 1 aromatic heterocycles. The number of hydrogen-bond acceptors (Lipinski definition) is 5. The molecule has 1 unspecified atom stereocenters. The Morgan fingerprint density at radius 3 is 2.61 bits per heavy atom. The van der Waals surface area contributed by atoms with Crippen molar-refractivity contribution in [3.63, 3.8) is 0 Å². The van der Waals surface area contributed by atoms with Gasteiger partial charge in [-0.25, -0.2) is 0 Å². The lowest BCUT2D eigenvalue weighted by atomic mass is 10.0. The van der Waals surface area contributed by atoms with Gasteiger partial charge in [-0.3, -0.25) is 9.79 Å². The maximum absolute atomic E-state index is 12.8. The normalized spacial score (nSPS) is 16.0. The third-order valence-corrected chi connectivity index (χ3v) is 6.12. The van der Waals surface area contributed by atoms with Crippen LogP contribution in [0.1, 0.15) is 27.0 Å². The van der Waals surface area contributed by atoms with Crippen LogP contribution >= 0.6 is 11.3 Å². The van der Waals surface area contributed by atoms with Crippen LogP contribution in [-0.4, -0.2) is 44.9 Å². The number of benzodiazepines with no additional fused rings is 1. The number of ether oxygens (including phenoxy) is 1. The van der Waals surface area contributed by atoms with Gasteiger partial charge in [0.2, 0.25) is 0 Å². The Labute approximate surface area is 193 Å². The van der Waals surface area contributed by atoms with Gasteiger partial charge in [0.25, 0.3) is 5.91 Å². The van der Waals surface area contributed by atoms with E-state index in [2.05, 4.69) is 10.2 Å². The number of halogens is 3. The van der Waals surface area contributed by atoms with Crippen molar-refractivity contribution in [2.45, 2.75) is 12.2 Å². The number of carbonyl (C=O) groups is 1. The fraction of sp³-hybridized carbons (Fsp3) is 0.250. The van der Waals surface area contributed by atoms with Crippen LogP contribution in [0.25, 0.3) is 0 Å². The van der Waals surface area contributed by atoms with Crippen molar-refractivity contribution in [3.8, 4) is 5.75 Å². The van der Waals surface area contributed by atoms with E-state index in [0.717, 1.165) is 40.4 Å². The molecule has 4 rings (SSSR count). The van der Waals surface area contributed by atoms with Crippen LogP contribution < -0.4 is 15.0 Å². The zero-order valence-corrected chi connectivity index (χ0v) is 18.8. The number of alkyl halides is 3. The van der Waals surface area contributed by atoms with Crippen molar-refractivity contribution in [3.05, 3.63) is 81.5 Å². The van der Waals surface area contributed by atoms with Crippen LogP contribution in [0.3, 0.4) is 0 Å². The first kappa shape index (κ1) is 22.8. The maximum atomic E-state index is 12.8. The fourth-order valence-corrected chi connectivity index (χ4v) is 4.37.